The summed E-state index contributed by atoms with van der Waals surface area (Å²) in [6.07, 6.45) is 2.42. The van der Waals surface area contributed by atoms with Crippen molar-refractivity contribution in [1.29, 1.82) is 0 Å². The van der Waals surface area contributed by atoms with Crippen LogP contribution in [0.1, 0.15) is 37.7 Å². The fraction of sp³-hybridized carbons (Fsp3) is 0.562. The van der Waals surface area contributed by atoms with Crippen LogP contribution in [0.3, 0.4) is 0 Å². The summed E-state index contributed by atoms with van der Waals surface area (Å²) in [5.74, 6) is -0.885. The molecule has 1 aromatic carbocycles. The van der Waals surface area contributed by atoms with Crippen LogP contribution in [-0.2, 0) is 23.8 Å². The Labute approximate surface area is 137 Å². The van der Waals surface area contributed by atoms with Crippen LogP contribution in [0.15, 0.2) is 29.2 Å². The second-order valence-corrected chi connectivity index (χ2v) is 7.01. The normalized spacial score (nSPS) is 13.0. The van der Waals surface area contributed by atoms with E-state index in [0.29, 0.717) is 12.8 Å². The molecule has 0 aliphatic heterocycles. The molecule has 1 rings (SSSR count). The van der Waals surface area contributed by atoms with Crippen molar-refractivity contribution in [3.8, 4) is 0 Å². The molecule has 0 fully saturated rings. The zero-order valence-electron chi connectivity index (χ0n) is 13.5. The number of aliphatic carboxylic acids is 1. The summed E-state index contributed by atoms with van der Waals surface area (Å²) in [4.78, 5) is 10.8. The SMILES string of the molecule is CO[C@H](CCCCCOS(=O)(=O)c1ccc(C)cc1)CC(=O)O. The average molecular weight is 344 g/mol. The first kappa shape index (κ1) is 19.6. The maximum Gasteiger partial charge on any atom is 0.305 e. The average Bonchev–Trinajstić information content (AvgIpc) is 2.49. The minimum absolute atomic E-state index is 0.0190. The fourth-order valence-corrected chi connectivity index (χ4v) is 3.03. The van der Waals surface area contributed by atoms with Gasteiger partial charge in [-0.1, -0.05) is 30.5 Å². The van der Waals surface area contributed by atoms with Gasteiger partial charge in [0.05, 0.1) is 24.0 Å². The van der Waals surface area contributed by atoms with Crippen molar-refractivity contribution in [3.63, 3.8) is 0 Å². The van der Waals surface area contributed by atoms with Crippen LogP contribution >= 0.6 is 0 Å². The lowest BCUT2D eigenvalue weighted by molar-refractivity contribution is -0.139. The molecule has 0 aromatic heterocycles. The van der Waals surface area contributed by atoms with Crippen LogP contribution in [0, 0.1) is 6.92 Å². The van der Waals surface area contributed by atoms with E-state index in [2.05, 4.69) is 0 Å². The molecule has 0 saturated heterocycles. The molecule has 0 aliphatic rings. The second kappa shape index (κ2) is 9.64. The third-order valence-electron chi connectivity index (χ3n) is 3.45. The van der Waals surface area contributed by atoms with E-state index in [9.17, 15) is 13.2 Å². The van der Waals surface area contributed by atoms with Gasteiger partial charge >= 0.3 is 5.97 Å². The largest absolute Gasteiger partial charge is 0.481 e. The van der Waals surface area contributed by atoms with Crippen LogP contribution in [0.5, 0.6) is 0 Å². The number of ether oxygens (including phenoxy) is 1. The molecule has 0 heterocycles. The van der Waals surface area contributed by atoms with Crippen molar-refractivity contribution < 1.29 is 27.2 Å². The predicted molar refractivity (Wildman–Crippen MR) is 85.8 cm³/mol. The number of methoxy groups -OCH3 is 1. The molecular weight excluding hydrogens is 320 g/mol. The summed E-state index contributed by atoms with van der Waals surface area (Å²) < 4.78 is 34.0. The molecule has 1 aromatic rings. The number of carbonyl (C=O) groups is 1. The zero-order valence-corrected chi connectivity index (χ0v) is 14.3. The standard InChI is InChI=1S/C16H24O6S/c1-13-7-9-15(10-8-13)23(19,20)22-11-5-3-4-6-14(21-2)12-16(17)18/h7-10,14H,3-6,11-12H2,1-2H3,(H,17,18)/t14-/m1/s1. The van der Waals surface area contributed by atoms with Gasteiger partial charge in [0.15, 0.2) is 0 Å². The lowest BCUT2D eigenvalue weighted by atomic mass is 10.1. The van der Waals surface area contributed by atoms with E-state index in [4.69, 9.17) is 14.0 Å². The van der Waals surface area contributed by atoms with Gasteiger partial charge in [-0.2, -0.15) is 8.42 Å². The number of carboxylic acid groups (broad SMARTS) is 1. The van der Waals surface area contributed by atoms with E-state index >= 15 is 0 Å². The zero-order chi connectivity index (χ0) is 17.3. The van der Waals surface area contributed by atoms with E-state index in [-0.39, 0.29) is 24.0 Å². The Morgan fingerprint density at radius 3 is 2.39 bits per heavy atom. The van der Waals surface area contributed by atoms with Gasteiger partial charge in [-0.05, 0) is 31.9 Å². The molecule has 1 atom stereocenters. The number of hydrogen-bond donors (Lipinski definition) is 1. The summed E-state index contributed by atoms with van der Waals surface area (Å²) in [6, 6.07) is 6.51. The molecule has 0 saturated carbocycles. The Bertz CT molecular complexity index is 579. The van der Waals surface area contributed by atoms with Gasteiger partial charge in [0, 0.05) is 7.11 Å². The summed E-state index contributed by atoms with van der Waals surface area (Å²) in [6.45, 7) is 2.00. The Morgan fingerprint density at radius 2 is 1.83 bits per heavy atom. The Morgan fingerprint density at radius 1 is 1.17 bits per heavy atom. The van der Waals surface area contributed by atoms with Crippen LogP contribution in [0.4, 0.5) is 0 Å². The van der Waals surface area contributed by atoms with Crippen LogP contribution in [-0.4, -0.2) is 39.3 Å². The quantitative estimate of drug-likeness (QED) is 0.490. The Hall–Kier alpha value is -1.44. The molecular formula is C16H24O6S. The van der Waals surface area contributed by atoms with E-state index in [0.717, 1.165) is 18.4 Å². The third-order valence-corrected chi connectivity index (χ3v) is 4.78. The molecule has 0 amide bonds. The molecule has 0 bridgehead atoms. The van der Waals surface area contributed by atoms with Gasteiger partial charge in [0.2, 0.25) is 0 Å². The molecule has 6 nitrogen and oxygen atoms in total. The van der Waals surface area contributed by atoms with Crippen molar-refractivity contribution in [2.45, 2.75) is 50.0 Å². The molecule has 0 unspecified atom stereocenters. The molecule has 7 heteroatoms. The lowest BCUT2D eigenvalue weighted by Crippen LogP contribution is -2.15. The van der Waals surface area contributed by atoms with Crippen molar-refractivity contribution in [2.24, 2.45) is 0 Å². The molecule has 0 radical (unpaired) electrons. The third kappa shape index (κ3) is 7.58. The molecule has 130 valence electrons. The summed E-state index contributed by atoms with van der Waals surface area (Å²) in [5.41, 5.74) is 0.984. The summed E-state index contributed by atoms with van der Waals surface area (Å²) in [7, 11) is -2.21. The van der Waals surface area contributed by atoms with E-state index in [1.165, 1.54) is 19.2 Å². The van der Waals surface area contributed by atoms with Crippen LogP contribution in [0.2, 0.25) is 0 Å². The van der Waals surface area contributed by atoms with E-state index < -0.39 is 16.1 Å². The predicted octanol–water partition coefficient (Wildman–Crippen LogP) is 2.75. The van der Waals surface area contributed by atoms with Gasteiger partial charge in [-0.3, -0.25) is 8.98 Å². The first-order chi connectivity index (χ1) is 10.8. The van der Waals surface area contributed by atoms with Crippen molar-refractivity contribution >= 4 is 16.1 Å². The number of rotatable bonds is 11. The maximum absolute atomic E-state index is 11.9. The monoisotopic (exact) mass is 344 g/mol. The minimum atomic E-state index is -3.70. The van der Waals surface area contributed by atoms with Gasteiger partial charge in [-0.25, -0.2) is 0 Å². The summed E-state index contributed by atoms with van der Waals surface area (Å²) in [5, 5.41) is 8.70. The number of carboxylic acids is 1. The lowest BCUT2D eigenvalue weighted by Gasteiger charge is -2.12. The number of benzene rings is 1. The highest BCUT2D eigenvalue weighted by atomic mass is 32.2. The second-order valence-electron chi connectivity index (χ2n) is 5.39. The highest BCUT2D eigenvalue weighted by molar-refractivity contribution is 7.86. The van der Waals surface area contributed by atoms with Gasteiger partial charge in [0.25, 0.3) is 10.1 Å². The number of unbranched alkanes of at least 4 members (excludes halogenated alkanes) is 2. The topological polar surface area (TPSA) is 89.9 Å². The number of hydrogen-bond acceptors (Lipinski definition) is 5. The molecule has 0 spiro atoms. The van der Waals surface area contributed by atoms with Crippen molar-refractivity contribution in [2.75, 3.05) is 13.7 Å². The minimum Gasteiger partial charge on any atom is -0.481 e. The number of aryl methyl sites for hydroxylation is 1. The molecule has 23 heavy (non-hydrogen) atoms. The highest BCUT2D eigenvalue weighted by Crippen LogP contribution is 2.15. The van der Waals surface area contributed by atoms with Gasteiger partial charge in [-0.15, -0.1) is 0 Å². The van der Waals surface area contributed by atoms with Gasteiger partial charge in [0.1, 0.15) is 0 Å². The molecule has 0 aliphatic carbocycles. The van der Waals surface area contributed by atoms with E-state index in [1.54, 1.807) is 12.1 Å². The van der Waals surface area contributed by atoms with Gasteiger partial charge < -0.3 is 9.84 Å². The first-order valence-corrected chi connectivity index (χ1v) is 8.96. The van der Waals surface area contributed by atoms with Crippen LogP contribution in [0.25, 0.3) is 0 Å². The Kier molecular flexibility index (Phi) is 8.22. The summed E-state index contributed by atoms with van der Waals surface area (Å²) >= 11 is 0. The van der Waals surface area contributed by atoms with Crippen LogP contribution < -0.4 is 0 Å². The fourth-order valence-electron chi connectivity index (χ4n) is 2.09. The first-order valence-electron chi connectivity index (χ1n) is 7.56. The smallest absolute Gasteiger partial charge is 0.305 e. The highest BCUT2D eigenvalue weighted by Gasteiger charge is 2.15. The van der Waals surface area contributed by atoms with Crippen molar-refractivity contribution in [3.05, 3.63) is 29.8 Å². The van der Waals surface area contributed by atoms with Crippen molar-refractivity contribution in [1.82, 2.24) is 0 Å². The van der Waals surface area contributed by atoms with E-state index in [1.807, 2.05) is 6.92 Å². The maximum atomic E-state index is 11.9. The molecule has 1 N–H and O–H groups in total. The Balaban J connectivity index is 2.26.